The maximum Gasteiger partial charge on any atom is 0.125 e. The number of nitrogens with one attached hydrogen (secondary N) is 1. The van der Waals surface area contributed by atoms with Gasteiger partial charge in [-0.3, -0.25) is 0 Å². The van der Waals surface area contributed by atoms with Gasteiger partial charge in [0.15, 0.2) is 0 Å². The number of hydrogen-bond donors (Lipinski definition) is 1. The molecule has 0 amide bonds. The summed E-state index contributed by atoms with van der Waals surface area (Å²) in [5.41, 5.74) is 2.71. The van der Waals surface area contributed by atoms with E-state index >= 15 is 0 Å². The van der Waals surface area contributed by atoms with Crippen LogP contribution >= 0.6 is 0 Å². The molecule has 0 aliphatic rings. The van der Waals surface area contributed by atoms with Crippen molar-refractivity contribution in [3.63, 3.8) is 0 Å². The standard InChI is InChI=1S/C17H25N3/c1-4-18-16(17-19-12-13-20(17)5-2)11-10-15-8-6-14(3)7-9-15/h6-9,12-13,16,18H,4-5,10-11H2,1-3H3. The Bertz CT molecular complexity index is 513. The Morgan fingerprint density at radius 1 is 1.20 bits per heavy atom. The number of imidazole rings is 1. The molecule has 1 aromatic heterocycles. The summed E-state index contributed by atoms with van der Waals surface area (Å²) in [6.07, 6.45) is 6.11. The smallest absolute Gasteiger partial charge is 0.125 e. The molecule has 0 radical (unpaired) electrons. The van der Waals surface area contributed by atoms with Gasteiger partial charge in [-0.25, -0.2) is 4.98 Å². The van der Waals surface area contributed by atoms with Gasteiger partial charge >= 0.3 is 0 Å². The fraction of sp³-hybridized carbons (Fsp3) is 0.471. The van der Waals surface area contributed by atoms with Crippen LogP contribution in [-0.2, 0) is 13.0 Å². The van der Waals surface area contributed by atoms with Gasteiger partial charge in [-0.2, -0.15) is 0 Å². The Balaban J connectivity index is 2.04. The van der Waals surface area contributed by atoms with Crippen LogP contribution in [0.3, 0.4) is 0 Å². The third-order valence-corrected chi connectivity index (χ3v) is 3.69. The van der Waals surface area contributed by atoms with Crippen LogP contribution in [0.4, 0.5) is 0 Å². The first-order valence-electron chi connectivity index (χ1n) is 7.54. The van der Waals surface area contributed by atoms with E-state index in [0.29, 0.717) is 6.04 Å². The zero-order valence-corrected chi connectivity index (χ0v) is 12.8. The minimum absolute atomic E-state index is 0.330. The highest BCUT2D eigenvalue weighted by Gasteiger charge is 2.15. The largest absolute Gasteiger partial charge is 0.334 e. The highest BCUT2D eigenvalue weighted by molar-refractivity contribution is 5.21. The molecule has 0 spiro atoms. The van der Waals surface area contributed by atoms with Crippen molar-refractivity contribution in [2.75, 3.05) is 6.54 Å². The van der Waals surface area contributed by atoms with Crippen molar-refractivity contribution in [3.8, 4) is 0 Å². The third kappa shape index (κ3) is 3.70. The van der Waals surface area contributed by atoms with Crippen molar-refractivity contribution in [2.45, 2.75) is 46.2 Å². The molecule has 2 aromatic rings. The monoisotopic (exact) mass is 271 g/mol. The summed E-state index contributed by atoms with van der Waals surface area (Å²) in [6, 6.07) is 9.15. The van der Waals surface area contributed by atoms with E-state index in [4.69, 9.17) is 0 Å². The first-order chi connectivity index (χ1) is 9.74. The van der Waals surface area contributed by atoms with Crippen LogP contribution in [0.15, 0.2) is 36.7 Å². The molecule has 1 heterocycles. The van der Waals surface area contributed by atoms with Crippen molar-refractivity contribution in [3.05, 3.63) is 53.6 Å². The van der Waals surface area contributed by atoms with Gasteiger partial charge in [0.25, 0.3) is 0 Å². The third-order valence-electron chi connectivity index (χ3n) is 3.69. The van der Waals surface area contributed by atoms with Crippen molar-refractivity contribution >= 4 is 0 Å². The molecule has 108 valence electrons. The molecule has 0 fully saturated rings. The number of aryl methyl sites for hydroxylation is 3. The minimum Gasteiger partial charge on any atom is -0.334 e. The predicted octanol–water partition coefficient (Wildman–Crippen LogP) is 3.49. The number of aromatic nitrogens is 2. The molecule has 0 aliphatic heterocycles. The second kappa shape index (κ2) is 7.25. The van der Waals surface area contributed by atoms with Crippen molar-refractivity contribution < 1.29 is 0 Å². The topological polar surface area (TPSA) is 29.9 Å². The molecule has 3 nitrogen and oxygen atoms in total. The maximum absolute atomic E-state index is 4.53. The minimum atomic E-state index is 0.330. The summed E-state index contributed by atoms with van der Waals surface area (Å²) >= 11 is 0. The second-order valence-electron chi connectivity index (χ2n) is 5.21. The number of benzene rings is 1. The summed E-state index contributed by atoms with van der Waals surface area (Å²) in [4.78, 5) is 4.53. The summed E-state index contributed by atoms with van der Waals surface area (Å²) in [7, 11) is 0. The molecule has 0 aliphatic carbocycles. The molecule has 0 saturated heterocycles. The summed E-state index contributed by atoms with van der Waals surface area (Å²) in [5, 5.41) is 3.56. The van der Waals surface area contributed by atoms with E-state index in [2.05, 4.69) is 66.1 Å². The summed E-state index contributed by atoms with van der Waals surface area (Å²) in [5.74, 6) is 1.15. The molecular formula is C17H25N3. The molecule has 1 N–H and O–H groups in total. The molecule has 1 aromatic carbocycles. The Morgan fingerprint density at radius 3 is 2.60 bits per heavy atom. The SMILES string of the molecule is CCNC(CCc1ccc(C)cc1)c1nccn1CC. The molecule has 2 rings (SSSR count). The van der Waals surface area contributed by atoms with E-state index in [0.717, 1.165) is 31.8 Å². The maximum atomic E-state index is 4.53. The fourth-order valence-corrected chi connectivity index (χ4v) is 2.53. The molecule has 0 saturated carbocycles. The lowest BCUT2D eigenvalue weighted by Crippen LogP contribution is -2.24. The van der Waals surface area contributed by atoms with E-state index in [1.807, 2.05) is 6.20 Å². The molecule has 1 atom stereocenters. The summed E-state index contributed by atoms with van der Waals surface area (Å²) in [6.45, 7) is 8.38. The highest BCUT2D eigenvalue weighted by atomic mass is 15.1. The number of rotatable bonds is 7. The van der Waals surface area contributed by atoms with Crippen LogP contribution in [0.5, 0.6) is 0 Å². The Labute approximate surface area is 122 Å². The normalized spacial score (nSPS) is 12.6. The average Bonchev–Trinajstić information content (AvgIpc) is 2.93. The molecule has 20 heavy (non-hydrogen) atoms. The molecule has 0 bridgehead atoms. The van der Waals surface area contributed by atoms with Crippen LogP contribution in [0.2, 0.25) is 0 Å². The van der Waals surface area contributed by atoms with E-state index in [-0.39, 0.29) is 0 Å². The zero-order chi connectivity index (χ0) is 14.4. The van der Waals surface area contributed by atoms with E-state index in [1.54, 1.807) is 0 Å². The van der Waals surface area contributed by atoms with Gasteiger partial charge in [0.05, 0.1) is 6.04 Å². The van der Waals surface area contributed by atoms with Crippen molar-refractivity contribution in [2.24, 2.45) is 0 Å². The van der Waals surface area contributed by atoms with E-state index < -0.39 is 0 Å². The molecular weight excluding hydrogens is 246 g/mol. The van der Waals surface area contributed by atoms with Gasteiger partial charge in [-0.15, -0.1) is 0 Å². The summed E-state index contributed by atoms with van der Waals surface area (Å²) < 4.78 is 2.22. The first-order valence-corrected chi connectivity index (χ1v) is 7.54. The first kappa shape index (κ1) is 14.8. The van der Waals surface area contributed by atoms with E-state index in [1.165, 1.54) is 11.1 Å². The predicted molar refractivity (Wildman–Crippen MR) is 83.8 cm³/mol. The van der Waals surface area contributed by atoms with Gasteiger partial charge in [0.1, 0.15) is 5.82 Å². The van der Waals surface area contributed by atoms with Crippen LogP contribution in [0, 0.1) is 6.92 Å². The quantitative estimate of drug-likeness (QED) is 0.835. The van der Waals surface area contributed by atoms with Crippen LogP contribution in [-0.4, -0.2) is 16.1 Å². The van der Waals surface area contributed by atoms with Crippen molar-refractivity contribution in [1.82, 2.24) is 14.9 Å². The molecule has 3 heteroatoms. The number of hydrogen-bond acceptors (Lipinski definition) is 2. The van der Waals surface area contributed by atoms with Crippen molar-refractivity contribution in [1.29, 1.82) is 0 Å². The van der Waals surface area contributed by atoms with Crippen LogP contribution in [0.1, 0.15) is 43.3 Å². The van der Waals surface area contributed by atoms with Gasteiger partial charge < -0.3 is 9.88 Å². The Morgan fingerprint density at radius 2 is 1.95 bits per heavy atom. The number of nitrogens with zero attached hydrogens (tertiary/aromatic N) is 2. The van der Waals surface area contributed by atoms with Gasteiger partial charge in [-0.1, -0.05) is 36.8 Å². The lowest BCUT2D eigenvalue weighted by Gasteiger charge is -2.18. The average molecular weight is 271 g/mol. The van der Waals surface area contributed by atoms with Gasteiger partial charge in [-0.05, 0) is 38.8 Å². The fourth-order valence-electron chi connectivity index (χ4n) is 2.53. The van der Waals surface area contributed by atoms with Gasteiger partial charge in [0.2, 0.25) is 0 Å². The zero-order valence-electron chi connectivity index (χ0n) is 12.8. The Kier molecular flexibility index (Phi) is 5.36. The van der Waals surface area contributed by atoms with E-state index in [9.17, 15) is 0 Å². The van der Waals surface area contributed by atoms with Gasteiger partial charge in [0, 0.05) is 18.9 Å². The highest BCUT2D eigenvalue weighted by Crippen LogP contribution is 2.18. The lowest BCUT2D eigenvalue weighted by atomic mass is 10.0. The molecule has 1 unspecified atom stereocenters. The Hall–Kier alpha value is -1.61. The van der Waals surface area contributed by atoms with Crippen LogP contribution < -0.4 is 5.32 Å². The lowest BCUT2D eigenvalue weighted by molar-refractivity contribution is 0.469. The van der Waals surface area contributed by atoms with Crippen LogP contribution in [0.25, 0.3) is 0 Å². The second-order valence-corrected chi connectivity index (χ2v) is 5.21.